The van der Waals surface area contributed by atoms with Crippen molar-refractivity contribution in [1.29, 1.82) is 0 Å². The van der Waals surface area contributed by atoms with Crippen molar-refractivity contribution in [2.45, 2.75) is 70.7 Å². The molecule has 0 radical (unpaired) electrons. The van der Waals surface area contributed by atoms with Gasteiger partial charge in [0.15, 0.2) is 6.10 Å². The maximum absolute atomic E-state index is 12.0. The van der Waals surface area contributed by atoms with E-state index < -0.39 is 26.4 Å². The lowest BCUT2D eigenvalue weighted by Gasteiger charge is -2.43. The molecule has 0 aromatic heterocycles. The zero-order chi connectivity index (χ0) is 16.8. The van der Waals surface area contributed by atoms with Crippen molar-refractivity contribution >= 4 is 20.3 Å². The van der Waals surface area contributed by atoms with Gasteiger partial charge in [-0.05, 0) is 16.6 Å². The summed E-state index contributed by atoms with van der Waals surface area (Å²) in [6, 6.07) is 0. The number of carbonyl (C=O) groups is 2. The molecule has 0 aliphatic carbocycles. The summed E-state index contributed by atoms with van der Waals surface area (Å²) < 4.78 is 15.8. The molecular weight excluding hydrogens is 288 g/mol. The maximum atomic E-state index is 12.0. The molecule has 21 heavy (non-hydrogen) atoms. The molecule has 0 bridgehead atoms. The highest BCUT2D eigenvalue weighted by molar-refractivity contribution is 6.77. The molecule has 0 fully saturated rings. The summed E-state index contributed by atoms with van der Waals surface area (Å²) in [5.74, 6) is -0.983. The van der Waals surface area contributed by atoms with Crippen LogP contribution in [-0.2, 0) is 23.5 Å². The molecule has 0 saturated carbocycles. The molecule has 0 saturated heterocycles. The molecule has 6 heteroatoms. The summed E-state index contributed by atoms with van der Waals surface area (Å²) >= 11 is 0. The molecular formula is C15H30O5Si. The lowest BCUT2D eigenvalue weighted by Crippen LogP contribution is -2.52. The quantitative estimate of drug-likeness (QED) is 0.507. The maximum Gasteiger partial charge on any atom is 0.334 e. The van der Waals surface area contributed by atoms with Gasteiger partial charge in [-0.2, -0.15) is 0 Å². The molecule has 0 heterocycles. The molecule has 0 aliphatic heterocycles. The number of methoxy groups -OCH3 is 2. The largest absolute Gasteiger partial charge is 0.469 e. The van der Waals surface area contributed by atoms with Crippen LogP contribution in [0.5, 0.6) is 0 Å². The van der Waals surface area contributed by atoms with Crippen molar-refractivity contribution in [1.82, 2.24) is 0 Å². The van der Waals surface area contributed by atoms with Crippen LogP contribution in [0.1, 0.15) is 48.0 Å². The molecule has 1 atom stereocenters. The second-order valence-corrected chi connectivity index (χ2v) is 11.6. The zero-order valence-electron chi connectivity index (χ0n) is 14.6. The minimum atomic E-state index is -2.26. The van der Waals surface area contributed by atoms with Crippen LogP contribution in [0.25, 0.3) is 0 Å². The van der Waals surface area contributed by atoms with Crippen LogP contribution in [0.4, 0.5) is 0 Å². The third-order valence-electron chi connectivity index (χ3n) is 4.10. The van der Waals surface area contributed by atoms with E-state index in [4.69, 9.17) is 9.16 Å². The first-order valence-corrected chi connectivity index (χ1v) is 9.59. The highest BCUT2D eigenvalue weighted by atomic mass is 28.4. The van der Waals surface area contributed by atoms with E-state index in [-0.39, 0.29) is 6.42 Å². The van der Waals surface area contributed by atoms with Crippen molar-refractivity contribution in [3.8, 4) is 0 Å². The van der Waals surface area contributed by atoms with Crippen LogP contribution < -0.4 is 0 Å². The first-order chi connectivity index (χ1) is 9.63. The average molecular weight is 318 g/mol. The predicted octanol–water partition coefficient (Wildman–Crippen LogP) is 3.28. The molecule has 0 N–H and O–H groups in total. The van der Waals surface area contributed by atoms with Gasteiger partial charge in [-0.3, -0.25) is 4.79 Å². The van der Waals surface area contributed by atoms with Gasteiger partial charge in [0.25, 0.3) is 0 Å². The summed E-state index contributed by atoms with van der Waals surface area (Å²) in [4.78, 5) is 23.5. The van der Waals surface area contributed by atoms with Gasteiger partial charge in [0.2, 0.25) is 8.32 Å². The van der Waals surface area contributed by atoms with E-state index in [1.807, 2.05) is 0 Å². The number of hydrogen-bond donors (Lipinski definition) is 0. The van der Waals surface area contributed by atoms with E-state index in [0.29, 0.717) is 16.6 Å². The smallest absolute Gasteiger partial charge is 0.334 e. The van der Waals surface area contributed by atoms with Gasteiger partial charge < -0.3 is 13.9 Å². The van der Waals surface area contributed by atoms with Crippen molar-refractivity contribution < 1.29 is 23.5 Å². The summed E-state index contributed by atoms with van der Waals surface area (Å²) in [5, 5.41) is 0. The molecule has 0 unspecified atom stereocenters. The highest BCUT2D eigenvalue weighted by Gasteiger charge is 2.48. The van der Waals surface area contributed by atoms with E-state index in [2.05, 4.69) is 46.3 Å². The second kappa shape index (κ2) is 8.53. The number of hydrogen-bond acceptors (Lipinski definition) is 5. The molecule has 0 rings (SSSR count). The average Bonchev–Trinajstić information content (AvgIpc) is 2.40. The molecule has 0 aromatic rings. The number of esters is 2. The number of carbonyl (C=O) groups excluding carboxylic acids is 2. The number of rotatable bonds is 8. The van der Waals surface area contributed by atoms with Crippen molar-refractivity contribution in [2.75, 3.05) is 14.2 Å². The predicted molar refractivity (Wildman–Crippen MR) is 84.6 cm³/mol. The van der Waals surface area contributed by atoms with Crippen LogP contribution >= 0.6 is 0 Å². The molecule has 0 aromatic carbocycles. The van der Waals surface area contributed by atoms with Gasteiger partial charge in [0, 0.05) is 0 Å². The molecule has 0 aliphatic rings. The van der Waals surface area contributed by atoms with Gasteiger partial charge in [0.1, 0.15) is 0 Å². The fraction of sp³-hybridized carbons (Fsp3) is 0.867. The van der Waals surface area contributed by atoms with Crippen molar-refractivity contribution in [2.24, 2.45) is 0 Å². The van der Waals surface area contributed by atoms with Gasteiger partial charge >= 0.3 is 11.9 Å². The minimum absolute atomic E-state index is 0.107. The van der Waals surface area contributed by atoms with E-state index in [0.717, 1.165) is 0 Å². The molecule has 124 valence electrons. The Bertz CT molecular complexity index is 330. The van der Waals surface area contributed by atoms with Crippen molar-refractivity contribution in [3.05, 3.63) is 0 Å². The van der Waals surface area contributed by atoms with E-state index in [1.54, 1.807) is 0 Å². The fourth-order valence-corrected chi connectivity index (χ4v) is 8.68. The van der Waals surface area contributed by atoms with Gasteiger partial charge in [-0.15, -0.1) is 0 Å². The molecule has 0 amide bonds. The summed E-state index contributed by atoms with van der Waals surface area (Å²) in [6.07, 6.45) is -0.995. The summed E-state index contributed by atoms with van der Waals surface area (Å²) in [5.41, 5.74) is 0.965. The first kappa shape index (κ1) is 20.1. The van der Waals surface area contributed by atoms with Crippen LogP contribution in [0.3, 0.4) is 0 Å². The van der Waals surface area contributed by atoms with Gasteiger partial charge in [-0.1, -0.05) is 41.5 Å². The standard InChI is InChI=1S/C15H30O5Si/c1-10(2)21(11(3)4,12(5)6)20-13(15(17)19-8)9-14(16)18-7/h10-13H,9H2,1-8H3/t13-/m0/s1. The topological polar surface area (TPSA) is 61.8 Å². The van der Waals surface area contributed by atoms with Gasteiger partial charge in [-0.25, -0.2) is 4.79 Å². The van der Waals surface area contributed by atoms with Gasteiger partial charge in [0.05, 0.1) is 20.6 Å². The third kappa shape index (κ3) is 4.81. The van der Waals surface area contributed by atoms with Crippen LogP contribution in [0, 0.1) is 0 Å². The Morgan fingerprint density at radius 2 is 1.29 bits per heavy atom. The Morgan fingerprint density at radius 3 is 1.57 bits per heavy atom. The summed E-state index contributed by atoms with van der Waals surface area (Å²) in [6.45, 7) is 12.7. The van der Waals surface area contributed by atoms with Crippen LogP contribution in [0.15, 0.2) is 0 Å². The lowest BCUT2D eigenvalue weighted by molar-refractivity contribution is -0.156. The monoisotopic (exact) mass is 318 g/mol. The molecule has 0 spiro atoms. The normalized spacial score (nSPS) is 13.7. The first-order valence-electron chi connectivity index (χ1n) is 7.45. The Kier molecular flexibility index (Phi) is 8.17. The van der Waals surface area contributed by atoms with E-state index in [9.17, 15) is 9.59 Å². The Morgan fingerprint density at radius 1 is 0.857 bits per heavy atom. The lowest BCUT2D eigenvalue weighted by atomic mass is 10.2. The minimum Gasteiger partial charge on any atom is -0.469 e. The van der Waals surface area contributed by atoms with Crippen LogP contribution in [-0.4, -0.2) is 40.6 Å². The van der Waals surface area contributed by atoms with Crippen molar-refractivity contribution in [3.63, 3.8) is 0 Å². The highest BCUT2D eigenvalue weighted by Crippen LogP contribution is 2.43. The third-order valence-corrected chi connectivity index (χ3v) is 10.2. The Labute approximate surface area is 129 Å². The van der Waals surface area contributed by atoms with E-state index >= 15 is 0 Å². The number of ether oxygens (including phenoxy) is 2. The second-order valence-electron chi connectivity index (χ2n) is 6.23. The SMILES string of the molecule is COC(=O)C[C@H](O[Si](C(C)C)(C(C)C)C(C)C)C(=O)OC. The van der Waals surface area contributed by atoms with E-state index in [1.165, 1.54) is 14.2 Å². The van der Waals surface area contributed by atoms with Crippen LogP contribution in [0.2, 0.25) is 16.6 Å². The fourth-order valence-electron chi connectivity index (χ4n) is 3.19. The Balaban J connectivity index is 5.49. The summed E-state index contributed by atoms with van der Waals surface area (Å²) in [7, 11) is 0.347. The molecule has 5 nitrogen and oxygen atoms in total. The Hall–Kier alpha value is -0.883. The zero-order valence-corrected chi connectivity index (χ0v) is 15.6.